The molecule has 108 valence electrons. The molecule has 10 heteroatoms. The summed E-state index contributed by atoms with van der Waals surface area (Å²) in [7, 11) is 0. The van der Waals surface area contributed by atoms with Crippen molar-refractivity contribution >= 4 is 17.6 Å². The van der Waals surface area contributed by atoms with Crippen LogP contribution < -0.4 is 5.32 Å². The fourth-order valence-corrected chi connectivity index (χ4v) is 1.29. The summed E-state index contributed by atoms with van der Waals surface area (Å²) in [6.45, 7) is -0.986. The van der Waals surface area contributed by atoms with Crippen LogP contribution in [0.4, 0.5) is 14.5 Å². The standard InChI is InChI=1S/C10H8F2N2O6/c11-4-1-5(8(12)7(2-4)14(19)20)9(16)13-6(3-15)10(17)18/h1-2,6,15H,3H2,(H,13,16)(H,17,18)/t6-/m0/s1. The molecule has 0 heterocycles. The smallest absolute Gasteiger partial charge is 0.328 e. The zero-order valence-electron chi connectivity index (χ0n) is 9.67. The van der Waals surface area contributed by atoms with Gasteiger partial charge in [-0.15, -0.1) is 0 Å². The molecule has 0 radical (unpaired) electrons. The predicted octanol–water partition coefficient (Wildman–Crippen LogP) is 0.0483. The first-order valence-electron chi connectivity index (χ1n) is 5.06. The van der Waals surface area contributed by atoms with Crippen molar-refractivity contribution in [2.24, 2.45) is 0 Å². The topological polar surface area (TPSA) is 130 Å². The molecule has 1 rings (SSSR count). The number of nitro benzene ring substituents is 1. The molecule has 1 aromatic rings. The van der Waals surface area contributed by atoms with Gasteiger partial charge in [-0.1, -0.05) is 0 Å². The Bertz CT molecular complexity index is 577. The summed E-state index contributed by atoms with van der Waals surface area (Å²) in [4.78, 5) is 31.4. The third-order valence-corrected chi connectivity index (χ3v) is 2.25. The number of carbonyl (C=O) groups is 2. The first kappa shape index (κ1) is 15.4. The molecule has 0 bridgehead atoms. The van der Waals surface area contributed by atoms with Gasteiger partial charge < -0.3 is 15.5 Å². The van der Waals surface area contributed by atoms with Crippen LogP contribution in [-0.2, 0) is 4.79 Å². The van der Waals surface area contributed by atoms with E-state index in [0.29, 0.717) is 6.07 Å². The van der Waals surface area contributed by atoms with Gasteiger partial charge in [0.2, 0.25) is 5.82 Å². The zero-order chi connectivity index (χ0) is 15.4. The maximum Gasteiger partial charge on any atom is 0.328 e. The minimum Gasteiger partial charge on any atom is -0.480 e. The molecule has 3 N–H and O–H groups in total. The molecule has 1 atom stereocenters. The molecule has 0 saturated carbocycles. The first-order chi connectivity index (χ1) is 9.27. The number of carboxylic acid groups (broad SMARTS) is 1. The Labute approximate surface area is 109 Å². The molecule has 0 aliphatic rings. The van der Waals surface area contributed by atoms with E-state index in [9.17, 15) is 28.5 Å². The van der Waals surface area contributed by atoms with Gasteiger partial charge in [-0.3, -0.25) is 14.9 Å². The van der Waals surface area contributed by atoms with Crippen LogP contribution in [0.2, 0.25) is 0 Å². The van der Waals surface area contributed by atoms with Gasteiger partial charge in [-0.25, -0.2) is 9.18 Å². The number of nitro groups is 1. The number of halogens is 2. The van der Waals surface area contributed by atoms with Crippen molar-refractivity contribution in [2.75, 3.05) is 6.61 Å². The average molecular weight is 290 g/mol. The fraction of sp³-hybridized carbons (Fsp3) is 0.200. The Morgan fingerprint density at radius 1 is 1.40 bits per heavy atom. The number of carbonyl (C=O) groups excluding carboxylic acids is 1. The van der Waals surface area contributed by atoms with Crippen molar-refractivity contribution in [3.05, 3.63) is 39.4 Å². The summed E-state index contributed by atoms with van der Waals surface area (Å²) >= 11 is 0. The van der Waals surface area contributed by atoms with Crippen molar-refractivity contribution < 1.29 is 33.5 Å². The number of amides is 1. The molecule has 0 aliphatic carbocycles. The Morgan fingerprint density at radius 2 is 2.00 bits per heavy atom. The van der Waals surface area contributed by atoms with E-state index in [1.54, 1.807) is 5.32 Å². The number of rotatable bonds is 5. The molecule has 20 heavy (non-hydrogen) atoms. The highest BCUT2D eigenvalue weighted by molar-refractivity contribution is 5.97. The lowest BCUT2D eigenvalue weighted by atomic mass is 10.1. The predicted molar refractivity (Wildman–Crippen MR) is 59.0 cm³/mol. The quantitative estimate of drug-likeness (QED) is 0.519. The number of benzene rings is 1. The van der Waals surface area contributed by atoms with E-state index < -0.39 is 52.3 Å². The fourth-order valence-electron chi connectivity index (χ4n) is 1.29. The highest BCUT2D eigenvalue weighted by atomic mass is 19.1. The van der Waals surface area contributed by atoms with Gasteiger partial charge in [0.05, 0.1) is 23.2 Å². The number of carboxylic acids is 1. The van der Waals surface area contributed by atoms with Gasteiger partial charge >= 0.3 is 11.7 Å². The second-order valence-corrected chi connectivity index (χ2v) is 3.59. The molecule has 0 aromatic heterocycles. The highest BCUT2D eigenvalue weighted by Crippen LogP contribution is 2.22. The maximum absolute atomic E-state index is 13.6. The lowest BCUT2D eigenvalue weighted by molar-refractivity contribution is -0.387. The highest BCUT2D eigenvalue weighted by Gasteiger charge is 2.27. The van der Waals surface area contributed by atoms with Crippen molar-refractivity contribution in [3.63, 3.8) is 0 Å². The van der Waals surface area contributed by atoms with E-state index in [4.69, 9.17) is 10.2 Å². The Kier molecular flexibility index (Phi) is 4.64. The number of nitrogens with one attached hydrogen (secondary N) is 1. The second-order valence-electron chi connectivity index (χ2n) is 3.59. The van der Waals surface area contributed by atoms with Gasteiger partial charge in [0, 0.05) is 0 Å². The van der Waals surface area contributed by atoms with Gasteiger partial charge in [-0.2, -0.15) is 4.39 Å². The van der Waals surface area contributed by atoms with Crippen molar-refractivity contribution in [1.29, 1.82) is 0 Å². The maximum atomic E-state index is 13.6. The summed E-state index contributed by atoms with van der Waals surface area (Å²) < 4.78 is 26.7. The van der Waals surface area contributed by atoms with Crippen LogP contribution in [0.5, 0.6) is 0 Å². The molecule has 0 spiro atoms. The summed E-state index contributed by atoms with van der Waals surface area (Å²) in [6.07, 6.45) is 0. The summed E-state index contributed by atoms with van der Waals surface area (Å²) in [6, 6.07) is -1.08. The van der Waals surface area contributed by atoms with Crippen molar-refractivity contribution in [2.45, 2.75) is 6.04 Å². The minimum atomic E-state index is -1.75. The van der Waals surface area contributed by atoms with Crippen LogP contribution in [0.25, 0.3) is 0 Å². The largest absolute Gasteiger partial charge is 0.480 e. The SMILES string of the molecule is O=C(N[C@@H](CO)C(=O)O)c1cc(F)cc([N+](=O)[O-])c1F. The lowest BCUT2D eigenvalue weighted by Gasteiger charge is -2.12. The van der Waals surface area contributed by atoms with Gasteiger partial charge in [-0.05, 0) is 6.07 Å². The lowest BCUT2D eigenvalue weighted by Crippen LogP contribution is -2.43. The van der Waals surface area contributed by atoms with Crippen LogP contribution in [0.15, 0.2) is 12.1 Å². The number of nitrogens with zero attached hydrogens (tertiary/aromatic N) is 1. The molecule has 0 aliphatic heterocycles. The number of aliphatic hydroxyl groups is 1. The third-order valence-electron chi connectivity index (χ3n) is 2.25. The van der Waals surface area contributed by atoms with Gasteiger partial charge in [0.25, 0.3) is 5.91 Å². The molecule has 0 saturated heterocycles. The van der Waals surface area contributed by atoms with Crippen LogP contribution in [0.3, 0.4) is 0 Å². The number of aliphatic carboxylic acids is 1. The average Bonchev–Trinajstić information content (AvgIpc) is 2.37. The second kappa shape index (κ2) is 6.02. The van der Waals surface area contributed by atoms with E-state index in [1.807, 2.05) is 0 Å². The van der Waals surface area contributed by atoms with E-state index in [0.717, 1.165) is 0 Å². The molecule has 0 unspecified atom stereocenters. The summed E-state index contributed by atoms with van der Waals surface area (Å²) in [5.74, 6) is -5.84. The first-order valence-corrected chi connectivity index (χ1v) is 5.06. The van der Waals surface area contributed by atoms with E-state index in [1.165, 1.54) is 0 Å². The minimum absolute atomic E-state index is 0.285. The molecule has 1 aromatic carbocycles. The zero-order valence-corrected chi connectivity index (χ0v) is 9.67. The van der Waals surface area contributed by atoms with Crippen LogP contribution in [0, 0.1) is 21.7 Å². The number of hydrogen-bond donors (Lipinski definition) is 3. The third kappa shape index (κ3) is 3.23. The Morgan fingerprint density at radius 3 is 2.45 bits per heavy atom. The van der Waals surface area contributed by atoms with Crippen LogP contribution in [-0.4, -0.2) is 39.7 Å². The van der Waals surface area contributed by atoms with Crippen LogP contribution >= 0.6 is 0 Å². The van der Waals surface area contributed by atoms with E-state index in [2.05, 4.69) is 0 Å². The normalized spacial score (nSPS) is 11.8. The van der Waals surface area contributed by atoms with Crippen LogP contribution in [0.1, 0.15) is 10.4 Å². The van der Waals surface area contributed by atoms with Crippen molar-refractivity contribution in [3.8, 4) is 0 Å². The molecule has 8 nitrogen and oxygen atoms in total. The molecular weight excluding hydrogens is 282 g/mol. The van der Waals surface area contributed by atoms with Crippen molar-refractivity contribution in [1.82, 2.24) is 5.32 Å². The number of aliphatic hydroxyl groups excluding tert-OH is 1. The summed E-state index contributed by atoms with van der Waals surface area (Å²) in [5, 5.41) is 29.4. The molecule has 0 fully saturated rings. The Hall–Kier alpha value is -2.62. The Balaban J connectivity index is 3.16. The van der Waals surface area contributed by atoms with E-state index in [-0.39, 0.29) is 6.07 Å². The number of hydrogen-bond acceptors (Lipinski definition) is 5. The van der Waals surface area contributed by atoms with Gasteiger partial charge in [0.15, 0.2) is 6.04 Å². The van der Waals surface area contributed by atoms with E-state index >= 15 is 0 Å². The summed E-state index contributed by atoms with van der Waals surface area (Å²) in [5.41, 5.74) is -2.29. The monoisotopic (exact) mass is 290 g/mol. The molecular formula is C10H8F2N2O6. The van der Waals surface area contributed by atoms with Gasteiger partial charge in [0.1, 0.15) is 5.82 Å². The molecule has 1 amide bonds.